The molecule has 0 radical (unpaired) electrons. The molecule has 0 saturated heterocycles. The Labute approximate surface area is 98.8 Å². The zero-order chi connectivity index (χ0) is 12.6. The first kappa shape index (κ1) is 11.3. The molecule has 2 aromatic rings. The molecule has 2 rings (SSSR count). The van der Waals surface area contributed by atoms with Crippen LogP contribution in [0.15, 0.2) is 16.7 Å². The fourth-order valence-electron chi connectivity index (χ4n) is 1.70. The monoisotopic (exact) mass is 234 g/mol. The summed E-state index contributed by atoms with van der Waals surface area (Å²) in [6.45, 7) is 3.70. The van der Waals surface area contributed by atoms with Crippen LogP contribution in [-0.4, -0.2) is 17.4 Å². The Morgan fingerprint density at radius 3 is 2.53 bits per heavy atom. The second-order valence-electron chi connectivity index (χ2n) is 3.84. The van der Waals surface area contributed by atoms with Crippen molar-refractivity contribution in [2.75, 3.05) is 12.8 Å². The van der Waals surface area contributed by atoms with Crippen molar-refractivity contribution in [2.45, 2.75) is 13.8 Å². The predicted molar refractivity (Wildman–Crippen MR) is 64.0 cm³/mol. The SMILES string of the molecule is COc1cc(-c2cc(N)on2)c(O)c(C)c1C. The van der Waals surface area contributed by atoms with Crippen LogP contribution in [0.2, 0.25) is 0 Å². The normalized spacial score (nSPS) is 10.5. The Balaban J connectivity index is 2.66. The molecule has 0 unspecified atom stereocenters. The van der Waals surface area contributed by atoms with Gasteiger partial charge in [0.05, 0.1) is 7.11 Å². The predicted octanol–water partition coefficient (Wildman–Crippen LogP) is 2.25. The quantitative estimate of drug-likeness (QED) is 0.832. The molecule has 0 aliphatic rings. The number of methoxy groups -OCH3 is 1. The lowest BCUT2D eigenvalue weighted by molar-refractivity contribution is 0.408. The highest BCUT2D eigenvalue weighted by atomic mass is 16.5. The van der Waals surface area contributed by atoms with Crippen LogP contribution in [0.4, 0.5) is 5.88 Å². The van der Waals surface area contributed by atoms with Gasteiger partial charge in [0.25, 0.3) is 0 Å². The first-order valence-corrected chi connectivity index (χ1v) is 5.14. The largest absolute Gasteiger partial charge is 0.507 e. The van der Waals surface area contributed by atoms with Gasteiger partial charge >= 0.3 is 0 Å². The zero-order valence-corrected chi connectivity index (χ0v) is 9.94. The minimum atomic E-state index is 0.164. The Bertz CT molecular complexity index is 561. The maximum Gasteiger partial charge on any atom is 0.222 e. The van der Waals surface area contributed by atoms with E-state index in [0.717, 1.165) is 11.1 Å². The van der Waals surface area contributed by atoms with E-state index in [4.69, 9.17) is 15.0 Å². The third-order valence-corrected chi connectivity index (χ3v) is 2.84. The number of nitrogens with zero attached hydrogens (tertiary/aromatic N) is 1. The molecule has 0 aliphatic heterocycles. The van der Waals surface area contributed by atoms with E-state index in [2.05, 4.69) is 5.16 Å². The molecular formula is C12H14N2O3. The molecule has 5 heteroatoms. The lowest BCUT2D eigenvalue weighted by atomic mass is 10.0. The summed E-state index contributed by atoms with van der Waals surface area (Å²) in [4.78, 5) is 0. The molecule has 0 atom stereocenters. The molecule has 0 amide bonds. The summed E-state index contributed by atoms with van der Waals surface area (Å²) in [6.07, 6.45) is 0. The van der Waals surface area contributed by atoms with Gasteiger partial charge < -0.3 is 20.1 Å². The van der Waals surface area contributed by atoms with Crippen molar-refractivity contribution in [3.63, 3.8) is 0 Å². The van der Waals surface area contributed by atoms with E-state index in [0.29, 0.717) is 17.0 Å². The highest BCUT2D eigenvalue weighted by Gasteiger charge is 2.16. The summed E-state index contributed by atoms with van der Waals surface area (Å²) in [5, 5.41) is 13.9. The molecule has 90 valence electrons. The number of benzene rings is 1. The molecule has 1 heterocycles. The zero-order valence-electron chi connectivity index (χ0n) is 9.94. The number of anilines is 1. The second kappa shape index (κ2) is 4.01. The number of phenolic OH excluding ortho intramolecular Hbond substituents is 1. The van der Waals surface area contributed by atoms with E-state index in [9.17, 15) is 5.11 Å². The number of nitrogens with two attached hydrogens (primary N) is 1. The summed E-state index contributed by atoms with van der Waals surface area (Å²) >= 11 is 0. The van der Waals surface area contributed by atoms with Gasteiger partial charge in [0.15, 0.2) is 0 Å². The summed E-state index contributed by atoms with van der Waals surface area (Å²) in [6, 6.07) is 3.28. The average molecular weight is 234 g/mol. The molecule has 0 aliphatic carbocycles. The molecule has 0 saturated carbocycles. The maximum atomic E-state index is 10.1. The average Bonchev–Trinajstić information content (AvgIpc) is 2.73. The van der Waals surface area contributed by atoms with Gasteiger partial charge in [-0.25, -0.2) is 0 Å². The van der Waals surface area contributed by atoms with Crippen molar-refractivity contribution in [3.8, 4) is 22.8 Å². The second-order valence-corrected chi connectivity index (χ2v) is 3.84. The Hall–Kier alpha value is -2.17. The fraction of sp³-hybridized carbons (Fsp3) is 0.250. The third kappa shape index (κ3) is 1.80. The van der Waals surface area contributed by atoms with Gasteiger partial charge in [-0.05, 0) is 31.0 Å². The molecule has 5 nitrogen and oxygen atoms in total. The Morgan fingerprint density at radius 2 is 2.00 bits per heavy atom. The van der Waals surface area contributed by atoms with Crippen LogP contribution < -0.4 is 10.5 Å². The van der Waals surface area contributed by atoms with Crippen molar-refractivity contribution in [2.24, 2.45) is 0 Å². The van der Waals surface area contributed by atoms with E-state index in [1.807, 2.05) is 13.8 Å². The third-order valence-electron chi connectivity index (χ3n) is 2.84. The lowest BCUT2D eigenvalue weighted by Gasteiger charge is -2.12. The van der Waals surface area contributed by atoms with Crippen molar-refractivity contribution < 1.29 is 14.4 Å². The lowest BCUT2D eigenvalue weighted by Crippen LogP contribution is -1.93. The number of hydrogen-bond donors (Lipinski definition) is 2. The van der Waals surface area contributed by atoms with Gasteiger partial charge in [-0.2, -0.15) is 0 Å². The van der Waals surface area contributed by atoms with Gasteiger partial charge in [-0.3, -0.25) is 0 Å². The number of rotatable bonds is 2. The topological polar surface area (TPSA) is 81.5 Å². The number of aromatic hydroxyl groups is 1. The maximum absolute atomic E-state index is 10.1. The van der Waals surface area contributed by atoms with Crippen molar-refractivity contribution >= 4 is 5.88 Å². The van der Waals surface area contributed by atoms with Crippen LogP contribution in [-0.2, 0) is 0 Å². The van der Waals surface area contributed by atoms with Crippen LogP contribution in [0, 0.1) is 13.8 Å². The van der Waals surface area contributed by atoms with E-state index in [-0.39, 0.29) is 11.6 Å². The molecule has 1 aromatic carbocycles. The first-order chi connectivity index (χ1) is 8.04. The van der Waals surface area contributed by atoms with Crippen molar-refractivity contribution in [3.05, 3.63) is 23.3 Å². The molecule has 3 N–H and O–H groups in total. The summed E-state index contributed by atoms with van der Waals surface area (Å²) in [5.41, 5.74) is 8.14. The first-order valence-electron chi connectivity index (χ1n) is 5.14. The highest BCUT2D eigenvalue weighted by Crippen LogP contribution is 2.38. The number of phenols is 1. The van der Waals surface area contributed by atoms with Crippen LogP contribution in [0.3, 0.4) is 0 Å². The molecule has 17 heavy (non-hydrogen) atoms. The summed E-state index contributed by atoms with van der Waals surface area (Å²) < 4.78 is 10.0. The highest BCUT2D eigenvalue weighted by molar-refractivity contribution is 5.73. The Morgan fingerprint density at radius 1 is 1.29 bits per heavy atom. The van der Waals surface area contributed by atoms with Gasteiger partial charge in [-0.1, -0.05) is 5.16 Å². The van der Waals surface area contributed by atoms with E-state index in [1.54, 1.807) is 19.2 Å². The number of hydrogen-bond acceptors (Lipinski definition) is 5. The fourth-order valence-corrected chi connectivity index (χ4v) is 1.70. The number of aromatic nitrogens is 1. The van der Waals surface area contributed by atoms with Crippen LogP contribution >= 0.6 is 0 Å². The molecule has 1 aromatic heterocycles. The molecule has 0 fully saturated rings. The minimum absolute atomic E-state index is 0.164. The van der Waals surface area contributed by atoms with Gasteiger partial charge in [-0.15, -0.1) is 0 Å². The van der Waals surface area contributed by atoms with Crippen molar-refractivity contribution in [1.29, 1.82) is 0 Å². The van der Waals surface area contributed by atoms with E-state index in [1.165, 1.54) is 0 Å². The van der Waals surface area contributed by atoms with E-state index >= 15 is 0 Å². The number of nitrogen functional groups attached to an aromatic ring is 1. The van der Waals surface area contributed by atoms with Crippen LogP contribution in [0.5, 0.6) is 11.5 Å². The van der Waals surface area contributed by atoms with E-state index < -0.39 is 0 Å². The molecule has 0 bridgehead atoms. The van der Waals surface area contributed by atoms with Crippen molar-refractivity contribution in [1.82, 2.24) is 5.16 Å². The summed E-state index contributed by atoms with van der Waals surface area (Å²) in [5.74, 6) is 1.06. The number of ether oxygens (including phenoxy) is 1. The van der Waals surface area contributed by atoms with Crippen LogP contribution in [0.1, 0.15) is 11.1 Å². The van der Waals surface area contributed by atoms with Gasteiger partial charge in [0, 0.05) is 11.6 Å². The molecular weight excluding hydrogens is 220 g/mol. The Kier molecular flexibility index (Phi) is 2.67. The van der Waals surface area contributed by atoms with Gasteiger partial charge in [0.1, 0.15) is 17.2 Å². The van der Waals surface area contributed by atoms with Crippen LogP contribution in [0.25, 0.3) is 11.3 Å². The standard InChI is InChI=1S/C12H14N2O3/c1-6-7(2)12(15)8(4-10(6)16-3)9-5-11(13)17-14-9/h4-5,15H,13H2,1-3H3. The summed E-state index contributed by atoms with van der Waals surface area (Å²) in [7, 11) is 1.58. The molecule has 0 spiro atoms. The smallest absolute Gasteiger partial charge is 0.222 e. The van der Waals surface area contributed by atoms with Gasteiger partial charge in [0.2, 0.25) is 5.88 Å². The minimum Gasteiger partial charge on any atom is -0.507 e.